The van der Waals surface area contributed by atoms with Crippen LogP contribution in [0.3, 0.4) is 0 Å². The molecule has 0 amide bonds. The van der Waals surface area contributed by atoms with Crippen LogP contribution in [-0.4, -0.2) is 59.3 Å². The van der Waals surface area contributed by atoms with Crippen LogP contribution in [0.25, 0.3) is 10.8 Å². The van der Waals surface area contributed by atoms with Crippen LogP contribution in [0.4, 0.5) is 0 Å². The van der Waals surface area contributed by atoms with E-state index >= 15 is 0 Å². The topological polar surface area (TPSA) is 26.7 Å². The van der Waals surface area contributed by atoms with E-state index in [2.05, 4.69) is 52.3 Å². The Morgan fingerprint density at radius 3 is 2.19 bits per heavy atom. The smallest absolute Gasteiger partial charge is 0.0728 e. The number of nitrogens with zero attached hydrogens (tertiary/aromatic N) is 2. The van der Waals surface area contributed by atoms with E-state index in [9.17, 15) is 5.11 Å². The van der Waals surface area contributed by atoms with E-state index in [1.165, 1.54) is 74.6 Å². The van der Waals surface area contributed by atoms with Gasteiger partial charge in [0.1, 0.15) is 0 Å². The lowest BCUT2D eigenvalue weighted by atomic mass is 9.71. The highest BCUT2D eigenvalue weighted by atomic mass is 35.5. The minimum atomic E-state index is -0.561. The third kappa shape index (κ3) is 5.45. The fourth-order valence-corrected chi connectivity index (χ4v) is 6.46. The number of hydrogen-bond donors (Lipinski definition) is 1. The summed E-state index contributed by atoms with van der Waals surface area (Å²) in [6.45, 7) is 5.97. The fourth-order valence-electron chi connectivity index (χ4n) is 6.46. The molecule has 2 aliphatic heterocycles. The van der Waals surface area contributed by atoms with Crippen LogP contribution in [0.1, 0.15) is 69.3 Å². The molecule has 2 aromatic rings. The molecular formula is C27H40Cl2N2O. The van der Waals surface area contributed by atoms with Gasteiger partial charge in [0.2, 0.25) is 0 Å². The van der Waals surface area contributed by atoms with E-state index in [1.807, 2.05) is 0 Å². The van der Waals surface area contributed by atoms with Gasteiger partial charge in [-0.25, -0.2) is 0 Å². The molecule has 3 fully saturated rings. The average molecular weight is 480 g/mol. The first-order valence-electron chi connectivity index (χ1n) is 12.4. The van der Waals surface area contributed by atoms with E-state index in [0.29, 0.717) is 0 Å². The molecule has 1 atom stereocenters. The van der Waals surface area contributed by atoms with Crippen molar-refractivity contribution in [2.75, 3.05) is 32.7 Å². The van der Waals surface area contributed by atoms with E-state index in [0.717, 1.165) is 38.3 Å². The second-order valence-corrected chi connectivity index (χ2v) is 10.1. The molecule has 1 saturated carbocycles. The second kappa shape index (κ2) is 11.5. The zero-order chi connectivity index (χ0) is 20.4. The van der Waals surface area contributed by atoms with Gasteiger partial charge in [-0.05, 0) is 81.0 Å². The van der Waals surface area contributed by atoms with Crippen molar-refractivity contribution >= 4 is 35.6 Å². The number of halogens is 2. The van der Waals surface area contributed by atoms with Gasteiger partial charge in [-0.15, -0.1) is 24.8 Å². The minimum absolute atomic E-state index is 0. The number of benzene rings is 2. The molecule has 2 aromatic carbocycles. The lowest BCUT2D eigenvalue weighted by molar-refractivity contribution is -0.0334. The molecule has 0 spiro atoms. The summed E-state index contributed by atoms with van der Waals surface area (Å²) in [6.07, 6.45) is 10.8. The normalized spacial score (nSPS) is 23.4. The monoisotopic (exact) mass is 478 g/mol. The number of fused-ring (bicyclic) bond motifs is 1. The molecule has 1 unspecified atom stereocenters. The van der Waals surface area contributed by atoms with Gasteiger partial charge in [-0.2, -0.15) is 0 Å². The maximum atomic E-state index is 11.9. The third-order valence-corrected chi connectivity index (χ3v) is 8.22. The first-order valence-corrected chi connectivity index (χ1v) is 12.4. The van der Waals surface area contributed by atoms with Gasteiger partial charge in [0, 0.05) is 18.5 Å². The van der Waals surface area contributed by atoms with Crippen LogP contribution in [-0.2, 0) is 0 Å². The Balaban J connectivity index is 0.00000144. The Kier molecular flexibility index (Phi) is 9.29. The molecule has 3 nitrogen and oxygen atoms in total. The molecule has 32 heavy (non-hydrogen) atoms. The van der Waals surface area contributed by atoms with Gasteiger partial charge in [-0.1, -0.05) is 61.7 Å². The van der Waals surface area contributed by atoms with Gasteiger partial charge >= 0.3 is 0 Å². The number of hydrogen-bond acceptors (Lipinski definition) is 3. The Labute approximate surface area is 206 Å². The molecule has 2 heterocycles. The van der Waals surface area contributed by atoms with Crippen LogP contribution >= 0.6 is 24.8 Å². The Bertz CT molecular complexity index is 835. The van der Waals surface area contributed by atoms with Crippen LogP contribution in [0.5, 0.6) is 0 Å². The first-order chi connectivity index (χ1) is 14.7. The molecule has 3 aliphatic rings. The van der Waals surface area contributed by atoms with Crippen LogP contribution in [0.2, 0.25) is 0 Å². The van der Waals surface area contributed by atoms with E-state index in [1.54, 1.807) is 0 Å². The SMILES string of the molecule is Cl.Cl.OC1(C(CN2CCC(N3CCCC3)CC2)c2cccc3ccccc23)CCCCC1. The summed E-state index contributed by atoms with van der Waals surface area (Å²) in [7, 11) is 0. The predicted molar refractivity (Wildman–Crippen MR) is 139 cm³/mol. The van der Waals surface area contributed by atoms with E-state index in [4.69, 9.17) is 0 Å². The number of likely N-dealkylation sites (tertiary alicyclic amines) is 2. The van der Waals surface area contributed by atoms with Crippen molar-refractivity contribution < 1.29 is 5.11 Å². The van der Waals surface area contributed by atoms with Gasteiger partial charge in [0.25, 0.3) is 0 Å². The highest BCUT2D eigenvalue weighted by molar-refractivity contribution is 5.86. The lowest BCUT2D eigenvalue weighted by Gasteiger charge is -2.44. The summed E-state index contributed by atoms with van der Waals surface area (Å²) in [5, 5.41) is 14.5. The van der Waals surface area contributed by atoms with Crippen molar-refractivity contribution in [2.24, 2.45) is 0 Å². The number of piperidine rings is 1. The molecule has 1 N–H and O–H groups in total. The third-order valence-electron chi connectivity index (χ3n) is 8.22. The van der Waals surface area contributed by atoms with Crippen molar-refractivity contribution in [1.82, 2.24) is 9.80 Å². The Hall–Kier alpha value is -0.840. The highest BCUT2D eigenvalue weighted by Gasteiger charge is 2.40. The van der Waals surface area contributed by atoms with Crippen molar-refractivity contribution in [2.45, 2.75) is 75.3 Å². The summed E-state index contributed by atoms with van der Waals surface area (Å²) in [5.74, 6) is 0.201. The van der Waals surface area contributed by atoms with Crippen molar-refractivity contribution in [3.05, 3.63) is 48.0 Å². The molecule has 0 bridgehead atoms. The molecule has 178 valence electrons. The molecule has 0 radical (unpaired) electrons. The quantitative estimate of drug-likeness (QED) is 0.568. The van der Waals surface area contributed by atoms with Crippen LogP contribution < -0.4 is 0 Å². The molecule has 1 aliphatic carbocycles. The average Bonchev–Trinajstić information content (AvgIpc) is 3.33. The molecular weight excluding hydrogens is 439 g/mol. The summed E-state index contributed by atoms with van der Waals surface area (Å²) >= 11 is 0. The summed E-state index contributed by atoms with van der Waals surface area (Å²) in [5.41, 5.74) is 0.799. The molecule has 2 saturated heterocycles. The Morgan fingerprint density at radius 1 is 0.812 bits per heavy atom. The van der Waals surface area contributed by atoms with Crippen molar-refractivity contribution in [1.29, 1.82) is 0 Å². The predicted octanol–water partition coefficient (Wildman–Crippen LogP) is 6.02. The van der Waals surface area contributed by atoms with Crippen molar-refractivity contribution in [3.63, 3.8) is 0 Å². The number of aliphatic hydroxyl groups is 1. The standard InChI is InChI=1S/C27H38N2O.2ClH/c30-27(15-4-1-5-16-27)26(25-12-8-10-22-9-2-3-11-24(22)25)21-28-19-13-23(14-20-28)29-17-6-7-18-29;;/h2-3,8-12,23,26,30H,1,4-7,13-21H2;2*1H. The van der Waals surface area contributed by atoms with Gasteiger partial charge in [0.05, 0.1) is 5.60 Å². The lowest BCUT2D eigenvalue weighted by Crippen LogP contribution is -2.48. The van der Waals surface area contributed by atoms with Gasteiger partial charge in [0.15, 0.2) is 0 Å². The number of rotatable bonds is 5. The Morgan fingerprint density at radius 2 is 1.47 bits per heavy atom. The summed E-state index contributed by atoms with van der Waals surface area (Å²) in [4.78, 5) is 5.39. The second-order valence-electron chi connectivity index (χ2n) is 10.1. The van der Waals surface area contributed by atoms with Gasteiger partial charge < -0.3 is 14.9 Å². The van der Waals surface area contributed by atoms with Crippen LogP contribution in [0.15, 0.2) is 42.5 Å². The maximum Gasteiger partial charge on any atom is 0.0728 e. The summed E-state index contributed by atoms with van der Waals surface area (Å²) < 4.78 is 0. The summed E-state index contributed by atoms with van der Waals surface area (Å²) in [6, 6.07) is 16.2. The van der Waals surface area contributed by atoms with Crippen molar-refractivity contribution in [3.8, 4) is 0 Å². The molecule has 5 rings (SSSR count). The maximum absolute atomic E-state index is 11.9. The first kappa shape index (κ1) is 25.8. The zero-order valence-corrected chi connectivity index (χ0v) is 20.9. The molecule has 5 heteroatoms. The van der Waals surface area contributed by atoms with Gasteiger partial charge in [-0.3, -0.25) is 0 Å². The van der Waals surface area contributed by atoms with E-state index < -0.39 is 5.60 Å². The fraction of sp³-hybridized carbons (Fsp3) is 0.630. The highest BCUT2D eigenvalue weighted by Crippen LogP contribution is 2.43. The van der Waals surface area contributed by atoms with Crippen LogP contribution in [0, 0.1) is 0 Å². The van der Waals surface area contributed by atoms with E-state index in [-0.39, 0.29) is 30.7 Å². The molecule has 0 aromatic heterocycles. The zero-order valence-electron chi connectivity index (χ0n) is 19.3. The minimum Gasteiger partial charge on any atom is -0.389 e. The largest absolute Gasteiger partial charge is 0.389 e.